The molecule has 0 heterocycles. The third kappa shape index (κ3) is 5.73. The van der Waals surface area contributed by atoms with E-state index < -0.39 is 0 Å². The first-order valence-corrected chi connectivity index (χ1v) is 6.43. The molecule has 0 bridgehead atoms. The van der Waals surface area contributed by atoms with Crippen LogP contribution in [0.25, 0.3) is 0 Å². The van der Waals surface area contributed by atoms with Gasteiger partial charge in [0.15, 0.2) is 0 Å². The minimum atomic E-state index is 0.267. The van der Waals surface area contributed by atoms with Crippen LogP contribution in [0.4, 0.5) is 0 Å². The van der Waals surface area contributed by atoms with Crippen molar-refractivity contribution >= 4 is 0 Å². The smallest absolute Gasteiger partial charge is 0.119 e. The number of hydrogen-bond donors (Lipinski definition) is 1. The Hall–Kier alpha value is -1.02. The van der Waals surface area contributed by atoms with Crippen molar-refractivity contribution in [3.63, 3.8) is 0 Å². The maximum absolute atomic E-state index is 5.70. The van der Waals surface area contributed by atoms with Crippen LogP contribution in [-0.4, -0.2) is 13.2 Å². The van der Waals surface area contributed by atoms with Gasteiger partial charge in [-0.05, 0) is 55.8 Å². The third-order valence-corrected chi connectivity index (χ3v) is 3.06. The molecule has 2 heteroatoms. The van der Waals surface area contributed by atoms with Crippen molar-refractivity contribution in [1.82, 2.24) is 0 Å². The minimum Gasteiger partial charge on any atom is -0.494 e. The predicted molar refractivity (Wildman–Crippen MR) is 73.4 cm³/mol. The highest BCUT2D eigenvalue weighted by molar-refractivity contribution is 5.27. The maximum atomic E-state index is 5.70. The summed E-state index contributed by atoms with van der Waals surface area (Å²) >= 11 is 0. The number of benzene rings is 1. The van der Waals surface area contributed by atoms with Crippen molar-refractivity contribution in [2.45, 2.75) is 40.0 Å². The monoisotopic (exact) mass is 235 g/mol. The molecule has 0 radical (unpaired) electrons. The zero-order chi connectivity index (χ0) is 12.7. The second-order valence-electron chi connectivity index (χ2n) is 5.49. The van der Waals surface area contributed by atoms with Crippen LogP contribution in [0.15, 0.2) is 24.3 Å². The van der Waals surface area contributed by atoms with Crippen molar-refractivity contribution in [3.8, 4) is 5.75 Å². The van der Waals surface area contributed by atoms with E-state index >= 15 is 0 Å². The quantitative estimate of drug-likeness (QED) is 0.734. The van der Waals surface area contributed by atoms with E-state index in [1.165, 1.54) is 18.4 Å². The molecule has 0 fully saturated rings. The molecular weight excluding hydrogens is 210 g/mol. The molecule has 1 aromatic carbocycles. The second-order valence-corrected chi connectivity index (χ2v) is 5.49. The average Bonchev–Trinajstić information content (AvgIpc) is 2.29. The summed E-state index contributed by atoms with van der Waals surface area (Å²) in [5, 5.41) is 0. The summed E-state index contributed by atoms with van der Waals surface area (Å²) < 4.78 is 5.70. The minimum absolute atomic E-state index is 0.267. The van der Waals surface area contributed by atoms with Crippen LogP contribution in [0, 0.1) is 12.3 Å². The molecule has 0 atom stereocenters. The van der Waals surface area contributed by atoms with Crippen LogP contribution in [0.5, 0.6) is 5.75 Å². The fourth-order valence-electron chi connectivity index (χ4n) is 1.70. The summed E-state index contributed by atoms with van der Waals surface area (Å²) in [7, 11) is 0. The summed E-state index contributed by atoms with van der Waals surface area (Å²) in [6.07, 6.45) is 3.44. The van der Waals surface area contributed by atoms with E-state index in [1.807, 2.05) is 12.1 Å². The first-order valence-electron chi connectivity index (χ1n) is 6.43. The van der Waals surface area contributed by atoms with E-state index in [4.69, 9.17) is 10.5 Å². The number of hydrogen-bond acceptors (Lipinski definition) is 2. The molecule has 0 aliphatic heterocycles. The van der Waals surface area contributed by atoms with Gasteiger partial charge in [-0.3, -0.25) is 0 Å². The van der Waals surface area contributed by atoms with Gasteiger partial charge in [0.1, 0.15) is 5.75 Å². The topological polar surface area (TPSA) is 35.2 Å². The fourth-order valence-corrected chi connectivity index (χ4v) is 1.70. The summed E-state index contributed by atoms with van der Waals surface area (Å²) in [6, 6.07) is 8.19. The first kappa shape index (κ1) is 14.0. The SMILES string of the molecule is Cc1cccc(OCCCCC(C)(C)CN)c1. The van der Waals surface area contributed by atoms with Gasteiger partial charge in [-0.1, -0.05) is 26.0 Å². The van der Waals surface area contributed by atoms with E-state index in [9.17, 15) is 0 Å². The highest BCUT2D eigenvalue weighted by atomic mass is 16.5. The van der Waals surface area contributed by atoms with Gasteiger partial charge >= 0.3 is 0 Å². The predicted octanol–water partition coefficient (Wildman–Crippen LogP) is 3.53. The number of unbranched alkanes of at least 4 members (excludes halogenated alkanes) is 1. The zero-order valence-corrected chi connectivity index (χ0v) is 11.3. The maximum Gasteiger partial charge on any atom is 0.119 e. The number of aryl methyl sites for hydroxylation is 1. The Morgan fingerprint density at radius 3 is 2.65 bits per heavy atom. The van der Waals surface area contributed by atoms with E-state index in [0.29, 0.717) is 0 Å². The van der Waals surface area contributed by atoms with Crippen molar-refractivity contribution < 1.29 is 4.74 Å². The summed E-state index contributed by atoms with van der Waals surface area (Å²) in [6.45, 7) is 8.06. The van der Waals surface area contributed by atoms with Crippen LogP contribution in [-0.2, 0) is 0 Å². The van der Waals surface area contributed by atoms with Crippen LogP contribution in [0.2, 0.25) is 0 Å². The van der Waals surface area contributed by atoms with E-state index in [1.54, 1.807) is 0 Å². The van der Waals surface area contributed by atoms with Gasteiger partial charge in [-0.15, -0.1) is 0 Å². The molecule has 0 unspecified atom stereocenters. The van der Waals surface area contributed by atoms with Gasteiger partial charge in [0.25, 0.3) is 0 Å². The Bertz CT molecular complexity index is 333. The molecule has 2 N–H and O–H groups in total. The van der Waals surface area contributed by atoms with Gasteiger partial charge in [0.05, 0.1) is 6.61 Å². The lowest BCUT2D eigenvalue weighted by molar-refractivity contribution is 0.278. The molecule has 0 aliphatic rings. The van der Waals surface area contributed by atoms with Gasteiger partial charge in [-0.2, -0.15) is 0 Å². The van der Waals surface area contributed by atoms with Gasteiger partial charge < -0.3 is 10.5 Å². The number of nitrogens with two attached hydrogens (primary N) is 1. The summed E-state index contributed by atoms with van der Waals surface area (Å²) in [4.78, 5) is 0. The lowest BCUT2D eigenvalue weighted by Gasteiger charge is -2.21. The Labute approximate surface area is 105 Å². The van der Waals surface area contributed by atoms with Gasteiger partial charge in [0.2, 0.25) is 0 Å². The van der Waals surface area contributed by atoms with Crippen molar-refractivity contribution in [2.75, 3.05) is 13.2 Å². The molecule has 96 valence electrons. The molecule has 0 spiro atoms. The Morgan fingerprint density at radius 2 is 2.00 bits per heavy atom. The lowest BCUT2D eigenvalue weighted by atomic mass is 9.87. The molecule has 0 aliphatic carbocycles. The van der Waals surface area contributed by atoms with Crippen molar-refractivity contribution in [1.29, 1.82) is 0 Å². The molecule has 0 aromatic heterocycles. The summed E-state index contributed by atoms with van der Waals surface area (Å²) in [5.74, 6) is 0.975. The van der Waals surface area contributed by atoms with E-state index in [-0.39, 0.29) is 5.41 Å². The van der Waals surface area contributed by atoms with Gasteiger partial charge in [0, 0.05) is 0 Å². The third-order valence-electron chi connectivity index (χ3n) is 3.06. The number of ether oxygens (including phenoxy) is 1. The molecule has 0 saturated heterocycles. The van der Waals surface area contributed by atoms with Crippen molar-refractivity contribution in [2.24, 2.45) is 11.1 Å². The molecule has 0 amide bonds. The first-order chi connectivity index (χ1) is 8.03. The Balaban J connectivity index is 2.17. The standard InChI is InChI=1S/C15H25NO/c1-13-7-6-8-14(11-13)17-10-5-4-9-15(2,3)12-16/h6-8,11H,4-5,9-10,12,16H2,1-3H3. The Morgan fingerprint density at radius 1 is 1.24 bits per heavy atom. The largest absolute Gasteiger partial charge is 0.494 e. The van der Waals surface area contributed by atoms with E-state index in [2.05, 4.69) is 32.9 Å². The molecule has 0 saturated carbocycles. The summed E-state index contributed by atoms with van der Waals surface area (Å²) in [5.41, 5.74) is 7.21. The second kappa shape index (κ2) is 6.65. The normalized spacial score (nSPS) is 11.5. The van der Waals surface area contributed by atoms with Crippen LogP contribution in [0.3, 0.4) is 0 Å². The highest BCUT2D eigenvalue weighted by Crippen LogP contribution is 2.21. The highest BCUT2D eigenvalue weighted by Gasteiger charge is 2.14. The van der Waals surface area contributed by atoms with Crippen LogP contribution >= 0.6 is 0 Å². The zero-order valence-electron chi connectivity index (χ0n) is 11.3. The van der Waals surface area contributed by atoms with E-state index in [0.717, 1.165) is 25.3 Å². The number of rotatable bonds is 7. The van der Waals surface area contributed by atoms with Crippen LogP contribution in [0.1, 0.15) is 38.7 Å². The Kier molecular flexibility index (Phi) is 5.49. The van der Waals surface area contributed by atoms with Crippen LogP contribution < -0.4 is 10.5 Å². The van der Waals surface area contributed by atoms with Gasteiger partial charge in [-0.25, -0.2) is 0 Å². The fraction of sp³-hybridized carbons (Fsp3) is 0.600. The lowest BCUT2D eigenvalue weighted by Crippen LogP contribution is -2.23. The molecular formula is C15H25NO. The molecule has 1 aromatic rings. The average molecular weight is 235 g/mol. The molecule has 1 rings (SSSR count). The van der Waals surface area contributed by atoms with Crippen molar-refractivity contribution in [3.05, 3.63) is 29.8 Å². The molecule has 2 nitrogen and oxygen atoms in total. The molecule has 17 heavy (non-hydrogen) atoms.